The third kappa shape index (κ3) is 6.38. The number of hydrogen-bond donors (Lipinski definition) is 2. The lowest BCUT2D eigenvalue weighted by atomic mass is 9.80. The Bertz CT molecular complexity index is 823. The molecule has 3 atom stereocenters. The number of fused-ring (bicyclic) bond motifs is 1. The summed E-state index contributed by atoms with van der Waals surface area (Å²) in [5, 5.41) is 10.0. The molecule has 1 saturated carbocycles. The van der Waals surface area contributed by atoms with Crippen molar-refractivity contribution in [3.8, 4) is 0 Å². The molecule has 0 spiro atoms. The minimum Gasteiger partial charge on any atom is -0.475 e. The highest BCUT2D eigenvalue weighted by Gasteiger charge is 2.49. The summed E-state index contributed by atoms with van der Waals surface area (Å²) in [6, 6.07) is 4.33. The second kappa shape index (κ2) is 9.60. The van der Waals surface area contributed by atoms with Crippen LogP contribution in [0.5, 0.6) is 0 Å². The number of carboxylic acids is 1. The molecule has 0 unspecified atom stereocenters. The van der Waals surface area contributed by atoms with Crippen LogP contribution in [0.3, 0.4) is 0 Å². The number of amides is 1. The molecule has 3 aliphatic rings. The number of thiophene rings is 1. The lowest BCUT2D eigenvalue weighted by molar-refractivity contribution is -0.192. The first-order valence-electron chi connectivity index (χ1n) is 10.2. The van der Waals surface area contributed by atoms with Crippen LogP contribution in [-0.2, 0) is 20.9 Å². The van der Waals surface area contributed by atoms with E-state index in [9.17, 15) is 26.7 Å². The van der Waals surface area contributed by atoms with Gasteiger partial charge in [-0.05, 0) is 19.1 Å². The third-order valence-electron chi connectivity index (χ3n) is 5.93. The number of nitrogens with one attached hydrogen (secondary N) is 1. The average molecular weight is 484 g/mol. The van der Waals surface area contributed by atoms with Gasteiger partial charge in [0.2, 0.25) is 11.8 Å². The summed E-state index contributed by atoms with van der Waals surface area (Å²) >= 11 is 1.83. The number of aryl methyl sites for hydroxylation is 1. The largest absolute Gasteiger partial charge is 0.490 e. The van der Waals surface area contributed by atoms with E-state index in [4.69, 9.17) is 14.6 Å². The third-order valence-corrected chi connectivity index (χ3v) is 6.92. The maximum Gasteiger partial charge on any atom is 0.490 e. The summed E-state index contributed by atoms with van der Waals surface area (Å²) in [4.78, 5) is 26.0. The number of halogens is 5. The SMILES string of the molecule is Cc1ccc(CN2C[C@@H]3[C@H](CNC(=O)C4CC(F)(F)C4)CO[C@@H]3C2)s1.O=C(O)C(F)(F)F. The summed E-state index contributed by atoms with van der Waals surface area (Å²) < 4.78 is 63.4. The van der Waals surface area contributed by atoms with Crippen LogP contribution in [0, 0.1) is 24.7 Å². The molecule has 0 radical (unpaired) electrons. The summed E-state index contributed by atoms with van der Waals surface area (Å²) in [6.07, 6.45) is -5.46. The van der Waals surface area contributed by atoms with Gasteiger partial charge in [-0.3, -0.25) is 9.69 Å². The molecule has 0 aromatic carbocycles. The summed E-state index contributed by atoms with van der Waals surface area (Å²) in [5.41, 5.74) is 0. The molecule has 4 rings (SSSR count). The van der Waals surface area contributed by atoms with E-state index in [2.05, 4.69) is 29.3 Å². The second-order valence-electron chi connectivity index (χ2n) is 8.51. The highest BCUT2D eigenvalue weighted by Crippen LogP contribution is 2.42. The number of carbonyl (C=O) groups excluding carboxylic acids is 1. The van der Waals surface area contributed by atoms with E-state index in [1.54, 1.807) is 0 Å². The molecule has 32 heavy (non-hydrogen) atoms. The van der Waals surface area contributed by atoms with Gasteiger partial charge in [-0.15, -0.1) is 11.3 Å². The monoisotopic (exact) mass is 484 g/mol. The van der Waals surface area contributed by atoms with Gasteiger partial charge in [0.05, 0.1) is 12.7 Å². The van der Waals surface area contributed by atoms with Crippen LogP contribution in [0.15, 0.2) is 12.1 Å². The first-order chi connectivity index (χ1) is 14.8. The molecule has 1 aromatic rings. The van der Waals surface area contributed by atoms with E-state index in [0.717, 1.165) is 19.6 Å². The van der Waals surface area contributed by atoms with Gasteiger partial charge in [0.25, 0.3) is 0 Å². The Hall–Kier alpha value is -1.79. The molecule has 3 heterocycles. The number of hydrogen-bond acceptors (Lipinski definition) is 5. The first kappa shape index (κ1) is 24.8. The van der Waals surface area contributed by atoms with Crippen molar-refractivity contribution in [3.63, 3.8) is 0 Å². The van der Waals surface area contributed by atoms with Crippen molar-refractivity contribution < 1.29 is 41.4 Å². The van der Waals surface area contributed by atoms with E-state index in [0.29, 0.717) is 19.1 Å². The van der Waals surface area contributed by atoms with Crippen LogP contribution in [0.1, 0.15) is 22.6 Å². The number of alkyl halides is 5. The van der Waals surface area contributed by atoms with Crippen molar-refractivity contribution in [1.82, 2.24) is 10.2 Å². The van der Waals surface area contributed by atoms with Crippen LogP contribution in [0.25, 0.3) is 0 Å². The number of rotatable bonds is 5. The molecule has 1 aromatic heterocycles. The number of likely N-dealkylation sites (tertiary alicyclic amines) is 1. The Labute approximate surface area is 185 Å². The molecule has 1 aliphatic carbocycles. The second-order valence-corrected chi connectivity index (χ2v) is 9.88. The average Bonchev–Trinajstić information content (AvgIpc) is 3.34. The van der Waals surface area contributed by atoms with Crippen LogP contribution >= 0.6 is 11.3 Å². The normalized spacial score (nSPS) is 27.2. The summed E-state index contributed by atoms with van der Waals surface area (Å²) in [6.45, 7) is 6.17. The fourth-order valence-corrected chi connectivity index (χ4v) is 5.17. The van der Waals surface area contributed by atoms with Gasteiger partial charge < -0.3 is 15.2 Å². The quantitative estimate of drug-likeness (QED) is 0.628. The van der Waals surface area contributed by atoms with Crippen molar-refractivity contribution in [2.24, 2.45) is 17.8 Å². The molecule has 2 N–H and O–H groups in total. The lowest BCUT2D eigenvalue weighted by Crippen LogP contribution is -2.46. The van der Waals surface area contributed by atoms with Gasteiger partial charge in [0, 0.05) is 66.5 Å². The molecular weight excluding hydrogens is 459 g/mol. The molecular formula is C20H25F5N2O4S. The lowest BCUT2D eigenvalue weighted by Gasteiger charge is -2.34. The fourth-order valence-electron chi connectivity index (χ4n) is 4.23. The first-order valence-corrected chi connectivity index (χ1v) is 11.0. The molecule has 180 valence electrons. The molecule has 12 heteroatoms. The van der Waals surface area contributed by atoms with Crippen LogP contribution in [0.2, 0.25) is 0 Å². The number of carbonyl (C=O) groups is 2. The predicted octanol–water partition coefficient (Wildman–Crippen LogP) is 3.30. The van der Waals surface area contributed by atoms with Gasteiger partial charge in [0.15, 0.2) is 0 Å². The number of carboxylic acid groups (broad SMARTS) is 1. The standard InChI is InChI=1S/C18H24F2N2O2S.C2HF3O2/c1-11-2-3-14(25-11)7-22-8-15-13(10-24-16(15)9-22)6-21-17(23)12-4-18(19,20)5-12;3-2(4,5)1(6)7/h2-3,12-13,15-16H,4-10H2,1H3,(H,21,23);(H,6,7)/t13-,15-,16-;/m1./s1. The number of aliphatic carboxylic acids is 1. The van der Waals surface area contributed by atoms with E-state index >= 15 is 0 Å². The zero-order valence-electron chi connectivity index (χ0n) is 17.3. The van der Waals surface area contributed by atoms with Gasteiger partial charge in [-0.25, -0.2) is 13.6 Å². The maximum atomic E-state index is 12.9. The smallest absolute Gasteiger partial charge is 0.475 e. The molecule has 2 aliphatic heterocycles. The topological polar surface area (TPSA) is 78.9 Å². The van der Waals surface area contributed by atoms with E-state index in [1.165, 1.54) is 9.75 Å². The van der Waals surface area contributed by atoms with Crippen molar-refractivity contribution in [2.75, 3.05) is 26.2 Å². The predicted molar refractivity (Wildman–Crippen MR) is 105 cm³/mol. The Balaban J connectivity index is 0.000000360. The molecule has 1 amide bonds. The van der Waals surface area contributed by atoms with Crippen molar-refractivity contribution in [1.29, 1.82) is 0 Å². The van der Waals surface area contributed by atoms with Crippen molar-refractivity contribution in [3.05, 3.63) is 21.9 Å². The highest BCUT2D eigenvalue weighted by molar-refractivity contribution is 7.11. The van der Waals surface area contributed by atoms with Crippen LogP contribution < -0.4 is 5.32 Å². The van der Waals surface area contributed by atoms with Gasteiger partial charge >= 0.3 is 12.1 Å². The van der Waals surface area contributed by atoms with E-state index in [1.807, 2.05) is 11.3 Å². The van der Waals surface area contributed by atoms with E-state index in [-0.39, 0.29) is 30.8 Å². The van der Waals surface area contributed by atoms with Crippen LogP contribution in [-0.4, -0.2) is 66.3 Å². The van der Waals surface area contributed by atoms with Crippen molar-refractivity contribution in [2.45, 2.75) is 44.5 Å². The van der Waals surface area contributed by atoms with Gasteiger partial charge in [-0.2, -0.15) is 13.2 Å². The molecule has 3 fully saturated rings. The molecule has 0 bridgehead atoms. The number of ether oxygens (including phenoxy) is 1. The number of nitrogens with zero attached hydrogens (tertiary/aromatic N) is 1. The van der Waals surface area contributed by atoms with Crippen molar-refractivity contribution >= 4 is 23.2 Å². The maximum absolute atomic E-state index is 12.9. The molecule has 2 saturated heterocycles. The Morgan fingerprint density at radius 3 is 2.47 bits per heavy atom. The fraction of sp³-hybridized carbons (Fsp3) is 0.700. The zero-order valence-corrected chi connectivity index (χ0v) is 18.1. The van der Waals surface area contributed by atoms with Gasteiger partial charge in [0.1, 0.15) is 0 Å². The highest BCUT2D eigenvalue weighted by atomic mass is 32.1. The van der Waals surface area contributed by atoms with Crippen LogP contribution in [0.4, 0.5) is 22.0 Å². The van der Waals surface area contributed by atoms with E-state index < -0.39 is 24.0 Å². The summed E-state index contributed by atoms with van der Waals surface area (Å²) in [5.74, 6) is -5.44. The minimum absolute atomic E-state index is 0.224. The van der Waals surface area contributed by atoms with Gasteiger partial charge in [-0.1, -0.05) is 0 Å². The zero-order chi connectivity index (χ0) is 23.7. The summed E-state index contributed by atoms with van der Waals surface area (Å²) in [7, 11) is 0. The Morgan fingerprint density at radius 1 is 1.28 bits per heavy atom. The molecule has 6 nitrogen and oxygen atoms in total. The Morgan fingerprint density at radius 2 is 1.94 bits per heavy atom. The Kier molecular flexibility index (Phi) is 7.45. The minimum atomic E-state index is -5.08.